The van der Waals surface area contributed by atoms with Crippen molar-refractivity contribution in [2.24, 2.45) is 0 Å². The number of esters is 1. The zero-order valence-electron chi connectivity index (χ0n) is 18.2. The number of rotatable bonds is 6. The van der Waals surface area contributed by atoms with Gasteiger partial charge in [-0.1, -0.05) is 17.7 Å². The molecule has 0 radical (unpaired) electrons. The normalized spacial score (nSPS) is 11.9. The van der Waals surface area contributed by atoms with E-state index < -0.39 is 18.0 Å². The molecule has 0 aliphatic carbocycles. The Kier molecular flexibility index (Phi) is 6.15. The molecule has 0 aliphatic heterocycles. The second-order valence-corrected chi connectivity index (χ2v) is 7.46. The summed E-state index contributed by atoms with van der Waals surface area (Å²) in [5, 5.41) is 3.64. The lowest BCUT2D eigenvalue weighted by atomic mass is 10.0. The van der Waals surface area contributed by atoms with E-state index in [2.05, 4.69) is 5.32 Å². The van der Waals surface area contributed by atoms with Crippen LogP contribution in [0.25, 0.3) is 11.0 Å². The summed E-state index contributed by atoms with van der Waals surface area (Å²) in [6.07, 6.45) is -0.982. The van der Waals surface area contributed by atoms with Crippen molar-refractivity contribution < 1.29 is 23.5 Å². The maximum atomic E-state index is 12.7. The SMILES string of the molecule is CCOc1ccc2oc(C(=O)O[C@H](C)C(=O)Nc3c(C)cc(C)cc3C)c(C)c2c1. The van der Waals surface area contributed by atoms with E-state index in [9.17, 15) is 9.59 Å². The third-order valence-electron chi connectivity index (χ3n) is 4.98. The van der Waals surface area contributed by atoms with E-state index in [1.807, 2.05) is 45.9 Å². The number of hydrogen-bond donors (Lipinski definition) is 1. The summed E-state index contributed by atoms with van der Waals surface area (Å²) in [5.41, 5.74) is 4.97. The molecule has 1 aromatic heterocycles. The maximum Gasteiger partial charge on any atom is 0.375 e. The molecule has 0 aliphatic rings. The van der Waals surface area contributed by atoms with Gasteiger partial charge in [0.05, 0.1) is 6.61 Å². The highest BCUT2D eigenvalue weighted by molar-refractivity contribution is 6.00. The number of anilines is 1. The van der Waals surface area contributed by atoms with E-state index in [0.29, 0.717) is 23.5 Å². The minimum absolute atomic E-state index is 0.0843. The first-order chi connectivity index (χ1) is 14.2. The highest BCUT2D eigenvalue weighted by Crippen LogP contribution is 2.29. The molecule has 158 valence electrons. The van der Waals surface area contributed by atoms with Gasteiger partial charge in [-0.15, -0.1) is 0 Å². The molecule has 0 unspecified atom stereocenters. The average Bonchev–Trinajstić information content (AvgIpc) is 3.01. The highest BCUT2D eigenvalue weighted by Gasteiger charge is 2.25. The minimum atomic E-state index is -0.982. The number of nitrogens with one attached hydrogen (secondary N) is 1. The molecule has 0 saturated carbocycles. The quantitative estimate of drug-likeness (QED) is 0.563. The van der Waals surface area contributed by atoms with Crippen molar-refractivity contribution in [3.05, 3.63) is 58.3 Å². The van der Waals surface area contributed by atoms with Crippen LogP contribution >= 0.6 is 0 Å². The Bertz CT molecular complexity index is 1090. The molecule has 0 fully saturated rings. The van der Waals surface area contributed by atoms with Crippen LogP contribution in [0, 0.1) is 27.7 Å². The third kappa shape index (κ3) is 4.32. The number of carbonyl (C=O) groups excluding carboxylic acids is 2. The molecule has 2 aromatic carbocycles. The Hall–Kier alpha value is -3.28. The van der Waals surface area contributed by atoms with Crippen LogP contribution in [0.4, 0.5) is 5.69 Å². The van der Waals surface area contributed by atoms with E-state index in [1.165, 1.54) is 6.92 Å². The van der Waals surface area contributed by atoms with Gasteiger partial charge in [0.2, 0.25) is 5.76 Å². The molecule has 6 heteroatoms. The number of carbonyl (C=O) groups is 2. The van der Waals surface area contributed by atoms with Crippen LogP contribution in [0.2, 0.25) is 0 Å². The monoisotopic (exact) mass is 409 g/mol. The zero-order valence-corrected chi connectivity index (χ0v) is 18.2. The number of furan rings is 1. The highest BCUT2D eigenvalue weighted by atomic mass is 16.6. The Balaban J connectivity index is 1.75. The van der Waals surface area contributed by atoms with E-state index in [-0.39, 0.29) is 5.76 Å². The van der Waals surface area contributed by atoms with Crippen LogP contribution in [0.1, 0.15) is 46.7 Å². The van der Waals surface area contributed by atoms with Gasteiger partial charge in [0.15, 0.2) is 6.10 Å². The predicted octanol–water partition coefficient (Wildman–Crippen LogP) is 5.25. The van der Waals surface area contributed by atoms with Crippen LogP contribution in [0.5, 0.6) is 5.75 Å². The van der Waals surface area contributed by atoms with E-state index in [0.717, 1.165) is 27.8 Å². The second-order valence-electron chi connectivity index (χ2n) is 7.46. The van der Waals surface area contributed by atoms with Gasteiger partial charge in [0.1, 0.15) is 11.3 Å². The number of hydrogen-bond acceptors (Lipinski definition) is 5. The van der Waals surface area contributed by atoms with E-state index in [4.69, 9.17) is 13.9 Å². The Morgan fingerprint density at radius 2 is 1.73 bits per heavy atom. The van der Waals surface area contributed by atoms with Gasteiger partial charge in [-0.3, -0.25) is 4.79 Å². The Morgan fingerprint density at radius 1 is 1.07 bits per heavy atom. The van der Waals surface area contributed by atoms with Crippen LogP contribution in [0.15, 0.2) is 34.7 Å². The molecular formula is C24H27NO5. The first kappa shape index (κ1) is 21.4. The zero-order chi connectivity index (χ0) is 22.0. The van der Waals surface area contributed by atoms with Gasteiger partial charge < -0.3 is 19.2 Å². The Morgan fingerprint density at radius 3 is 2.37 bits per heavy atom. The molecule has 30 heavy (non-hydrogen) atoms. The van der Waals surface area contributed by atoms with Crippen LogP contribution in [0.3, 0.4) is 0 Å². The van der Waals surface area contributed by atoms with Crippen molar-refractivity contribution in [2.75, 3.05) is 11.9 Å². The second kappa shape index (κ2) is 8.61. The fraction of sp³-hybridized carbons (Fsp3) is 0.333. The molecule has 1 atom stereocenters. The molecule has 3 rings (SSSR count). The third-order valence-corrected chi connectivity index (χ3v) is 4.98. The lowest BCUT2D eigenvalue weighted by molar-refractivity contribution is -0.123. The van der Waals surface area contributed by atoms with Gasteiger partial charge in [-0.25, -0.2) is 4.79 Å². The molecule has 0 bridgehead atoms. The first-order valence-corrected chi connectivity index (χ1v) is 9.96. The minimum Gasteiger partial charge on any atom is -0.494 e. The molecule has 1 N–H and O–H groups in total. The number of ether oxygens (including phenoxy) is 2. The maximum absolute atomic E-state index is 12.7. The molecule has 1 amide bonds. The topological polar surface area (TPSA) is 77.8 Å². The number of benzene rings is 2. The van der Waals surface area contributed by atoms with Crippen molar-refractivity contribution >= 4 is 28.5 Å². The molecule has 0 spiro atoms. The van der Waals surface area contributed by atoms with E-state index >= 15 is 0 Å². The van der Waals surface area contributed by atoms with Gasteiger partial charge in [-0.2, -0.15) is 0 Å². The smallest absolute Gasteiger partial charge is 0.375 e. The summed E-state index contributed by atoms with van der Waals surface area (Å²) < 4.78 is 16.6. The first-order valence-electron chi connectivity index (χ1n) is 9.96. The number of aryl methyl sites for hydroxylation is 4. The summed E-state index contributed by atoms with van der Waals surface area (Å²) in [5.74, 6) is -0.293. The lowest BCUT2D eigenvalue weighted by Gasteiger charge is -2.16. The van der Waals surface area contributed by atoms with Gasteiger partial charge in [-0.05, 0) is 70.9 Å². The lowest BCUT2D eigenvalue weighted by Crippen LogP contribution is -2.30. The van der Waals surface area contributed by atoms with Crippen molar-refractivity contribution in [1.82, 2.24) is 0 Å². The van der Waals surface area contributed by atoms with Gasteiger partial charge >= 0.3 is 5.97 Å². The standard InChI is InChI=1S/C24H27NO5/c1-7-28-18-8-9-20-19(12-18)16(5)22(30-20)24(27)29-17(6)23(26)25-21-14(3)10-13(2)11-15(21)4/h8-12,17H,7H2,1-6H3,(H,25,26)/t17-/m1/s1. The summed E-state index contributed by atoms with van der Waals surface area (Å²) in [6.45, 7) is 11.6. The van der Waals surface area contributed by atoms with Crippen molar-refractivity contribution in [3.63, 3.8) is 0 Å². The molecule has 1 heterocycles. The molecular weight excluding hydrogens is 382 g/mol. The average molecular weight is 409 g/mol. The molecule has 0 saturated heterocycles. The summed E-state index contributed by atoms with van der Waals surface area (Å²) in [4.78, 5) is 25.3. The molecule has 3 aromatic rings. The largest absolute Gasteiger partial charge is 0.494 e. The van der Waals surface area contributed by atoms with E-state index in [1.54, 1.807) is 19.1 Å². The van der Waals surface area contributed by atoms with Gasteiger partial charge in [0, 0.05) is 16.6 Å². The van der Waals surface area contributed by atoms with Crippen molar-refractivity contribution in [3.8, 4) is 5.75 Å². The summed E-state index contributed by atoms with van der Waals surface area (Å²) >= 11 is 0. The summed E-state index contributed by atoms with van der Waals surface area (Å²) in [6, 6.07) is 9.35. The van der Waals surface area contributed by atoms with Gasteiger partial charge in [0.25, 0.3) is 5.91 Å². The number of amides is 1. The van der Waals surface area contributed by atoms with Crippen LogP contribution < -0.4 is 10.1 Å². The van der Waals surface area contributed by atoms with Crippen LogP contribution in [-0.2, 0) is 9.53 Å². The fourth-order valence-corrected chi connectivity index (χ4v) is 3.52. The summed E-state index contributed by atoms with van der Waals surface area (Å²) in [7, 11) is 0. The fourth-order valence-electron chi connectivity index (χ4n) is 3.52. The Labute approximate surface area is 176 Å². The molecule has 6 nitrogen and oxygen atoms in total. The predicted molar refractivity (Wildman–Crippen MR) is 116 cm³/mol. The van der Waals surface area contributed by atoms with Crippen LogP contribution in [-0.4, -0.2) is 24.6 Å². The van der Waals surface area contributed by atoms with Crippen molar-refractivity contribution in [2.45, 2.75) is 47.6 Å². The van der Waals surface area contributed by atoms with Crippen molar-refractivity contribution in [1.29, 1.82) is 0 Å². The number of fused-ring (bicyclic) bond motifs is 1.